The van der Waals surface area contributed by atoms with Crippen LogP contribution in [0.1, 0.15) is 31.9 Å². The molecule has 3 nitrogen and oxygen atoms in total. The lowest BCUT2D eigenvalue weighted by Crippen LogP contribution is -2.45. The first kappa shape index (κ1) is 19.2. The van der Waals surface area contributed by atoms with E-state index in [1.807, 2.05) is 6.07 Å². The first-order valence-corrected chi connectivity index (χ1v) is 10.9. The summed E-state index contributed by atoms with van der Waals surface area (Å²) < 4.78 is 0. The predicted octanol–water partition coefficient (Wildman–Crippen LogP) is 5.43. The summed E-state index contributed by atoms with van der Waals surface area (Å²) in [5.41, 5.74) is 5.31. The molecule has 2 heterocycles. The normalized spacial score (nSPS) is 15.8. The molecule has 4 heteroatoms. The molecule has 2 aromatic carbocycles. The smallest absolute Gasteiger partial charge is 0.185 e. The summed E-state index contributed by atoms with van der Waals surface area (Å²) in [6, 6.07) is 19.6. The van der Waals surface area contributed by atoms with E-state index in [9.17, 15) is 0 Å². The van der Waals surface area contributed by atoms with Gasteiger partial charge >= 0.3 is 0 Å². The Morgan fingerprint density at radius 3 is 2.21 bits per heavy atom. The predicted molar refractivity (Wildman–Crippen MR) is 120 cm³/mol. The summed E-state index contributed by atoms with van der Waals surface area (Å²) in [6.07, 6.45) is 0. The van der Waals surface area contributed by atoms with Crippen molar-refractivity contribution in [3.8, 4) is 11.3 Å². The minimum absolute atomic E-state index is 0.219. The lowest BCUT2D eigenvalue weighted by Gasteiger charge is -2.34. The van der Waals surface area contributed by atoms with Crippen molar-refractivity contribution in [3.63, 3.8) is 0 Å². The van der Waals surface area contributed by atoms with Gasteiger partial charge in [0.25, 0.3) is 0 Å². The van der Waals surface area contributed by atoms with E-state index >= 15 is 0 Å². The second-order valence-corrected chi connectivity index (χ2v) is 9.43. The Hall–Kier alpha value is -2.17. The maximum atomic E-state index is 4.87. The van der Waals surface area contributed by atoms with Crippen LogP contribution in [-0.2, 0) is 12.0 Å². The van der Waals surface area contributed by atoms with Gasteiger partial charge in [0, 0.05) is 43.7 Å². The molecule has 1 fully saturated rings. The third-order valence-electron chi connectivity index (χ3n) is 5.43. The van der Waals surface area contributed by atoms with Gasteiger partial charge in [0.1, 0.15) is 0 Å². The molecule has 0 unspecified atom stereocenters. The number of benzene rings is 2. The number of aromatic nitrogens is 1. The molecule has 1 saturated heterocycles. The van der Waals surface area contributed by atoms with Crippen molar-refractivity contribution in [3.05, 3.63) is 71.1 Å². The Morgan fingerprint density at radius 2 is 1.57 bits per heavy atom. The van der Waals surface area contributed by atoms with Crippen LogP contribution in [-0.4, -0.2) is 36.1 Å². The summed E-state index contributed by atoms with van der Waals surface area (Å²) in [4.78, 5) is 9.85. The highest BCUT2D eigenvalue weighted by molar-refractivity contribution is 7.14. The summed E-state index contributed by atoms with van der Waals surface area (Å²) >= 11 is 1.76. The van der Waals surface area contributed by atoms with Crippen molar-refractivity contribution in [2.75, 3.05) is 31.1 Å². The van der Waals surface area contributed by atoms with Crippen LogP contribution in [0.15, 0.2) is 60.0 Å². The quantitative estimate of drug-likeness (QED) is 0.591. The SMILES string of the molecule is CC(C)(C)c1ccc(CN2CCN(c3nc(-c4ccccc4)cs3)CC2)cc1. The van der Waals surface area contributed by atoms with E-state index in [0.29, 0.717) is 0 Å². The zero-order valence-electron chi connectivity index (χ0n) is 17.1. The van der Waals surface area contributed by atoms with Crippen LogP contribution in [0.5, 0.6) is 0 Å². The average Bonchev–Trinajstić information content (AvgIpc) is 3.19. The van der Waals surface area contributed by atoms with E-state index in [0.717, 1.165) is 43.5 Å². The molecule has 4 rings (SSSR count). The lowest BCUT2D eigenvalue weighted by molar-refractivity contribution is 0.250. The molecule has 1 aromatic heterocycles. The van der Waals surface area contributed by atoms with E-state index in [2.05, 4.69) is 84.5 Å². The van der Waals surface area contributed by atoms with Gasteiger partial charge in [-0.2, -0.15) is 0 Å². The molecule has 146 valence electrons. The van der Waals surface area contributed by atoms with E-state index < -0.39 is 0 Å². The molecule has 1 aliphatic rings. The third-order valence-corrected chi connectivity index (χ3v) is 6.33. The Balaban J connectivity index is 1.33. The molecule has 0 radical (unpaired) electrons. The number of nitrogens with zero attached hydrogens (tertiary/aromatic N) is 3. The van der Waals surface area contributed by atoms with Gasteiger partial charge < -0.3 is 4.90 Å². The first-order chi connectivity index (χ1) is 13.5. The molecule has 0 N–H and O–H groups in total. The fraction of sp³-hybridized carbons (Fsp3) is 0.375. The number of hydrogen-bond donors (Lipinski definition) is 0. The van der Waals surface area contributed by atoms with Gasteiger partial charge in [-0.15, -0.1) is 11.3 Å². The topological polar surface area (TPSA) is 19.4 Å². The lowest BCUT2D eigenvalue weighted by atomic mass is 9.87. The Morgan fingerprint density at radius 1 is 0.893 bits per heavy atom. The van der Waals surface area contributed by atoms with Crippen molar-refractivity contribution >= 4 is 16.5 Å². The zero-order valence-corrected chi connectivity index (χ0v) is 17.9. The number of piperazine rings is 1. The molecule has 0 bridgehead atoms. The Labute approximate surface area is 172 Å². The monoisotopic (exact) mass is 391 g/mol. The van der Waals surface area contributed by atoms with Crippen LogP contribution >= 0.6 is 11.3 Å². The van der Waals surface area contributed by atoms with Crippen LogP contribution in [0.3, 0.4) is 0 Å². The van der Waals surface area contributed by atoms with Gasteiger partial charge in [0.05, 0.1) is 5.69 Å². The highest BCUT2D eigenvalue weighted by atomic mass is 32.1. The molecular weight excluding hydrogens is 362 g/mol. The fourth-order valence-electron chi connectivity index (χ4n) is 3.62. The van der Waals surface area contributed by atoms with Crippen LogP contribution < -0.4 is 4.90 Å². The molecule has 0 saturated carbocycles. The second kappa shape index (κ2) is 8.06. The molecule has 0 aliphatic carbocycles. The zero-order chi connectivity index (χ0) is 19.6. The molecule has 0 amide bonds. The van der Waals surface area contributed by atoms with Crippen LogP contribution in [0.4, 0.5) is 5.13 Å². The molecule has 0 atom stereocenters. The van der Waals surface area contributed by atoms with Crippen molar-refractivity contribution in [2.45, 2.75) is 32.7 Å². The van der Waals surface area contributed by atoms with E-state index in [-0.39, 0.29) is 5.41 Å². The van der Waals surface area contributed by atoms with Gasteiger partial charge in [-0.3, -0.25) is 4.90 Å². The van der Waals surface area contributed by atoms with Gasteiger partial charge in [-0.25, -0.2) is 4.98 Å². The molecule has 0 spiro atoms. The largest absolute Gasteiger partial charge is 0.346 e. The summed E-state index contributed by atoms with van der Waals surface area (Å²) in [6.45, 7) is 12.1. The maximum Gasteiger partial charge on any atom is 0.185 e. The van der Waals surface area contributed by atoms with Gasteiger partial charge in [-0.05, 0) is 16.5 Å². The molecule has 1 aliphatic heterocycles. The first-order valence-electron chi connectivity index (χ1n) is 10.1. The van der Waals surface area contributed by atoms with Gasteiger partial charge in [0.2, 0.25) is 0 Å². The van der Waals surface area contributed by atoms with Crippen LogP contribution in [0.2, 0.25) is 0 Å². The number of hydrogen-bond acceptors (Lipinski definition) is 4. The molecule has 28 heavy (non-hydrogen) atoms. The van der Waals surface area contributed by atoms with Crippen molar-refractivity contribution in [1.82, 2.24) is 9.88 Å². The van der Waals surface area contributed by atoms with Crippen molar-refractivity contribution in [2.24, 2.45) is 0 Å². The highest BCUT2D eigenvalue weighted by Gasteiger charge is 2.20. The van der Waals surface area contributed by atoms with Crippen molar-refractivity contribution in [1.29, 1.82) is 0 Å². The Bertz CT molecular complexity index is 886. The fourth-order valence-corrected chi connectivity index (χ4v) is 4.51. The summed E-state index contributed by atoms with van der Waals surface area (Å²) in [7, 11) is 0. The van der Waals surface area contributed by atoms with Gasteiger partial charge in [-0.1, -0.05) is 75.4 Å². The molecular formula is C24H29N3S. The van der Waals surface area contributed by atoms with E-state index in [1.54, 1.807) is 11.3 Å². The van der Waals surface area contributed by atoms with Crippen LogP contribution in [0, 0.1) is 0 Å². The summed E-state index contributed by atoms with van der Waals surface area (Å²) in [5.74, 6) is 0. The maximum absolute atomic E-state index is 4.87. The highest BCUT2D eigenvalue weighted by Crippen LogP contribution is 2.28. The van der Waals surface area contributed by atoms with Crippen LogP contribution in [0.25, 0.3) is 11.3 Å². The standard InChI is InChI=1S/C24H29N3S/c1-24(2,3)21-11-9-19(10-12-21)17-26-13-15-27(16-14-26)23-25-22(18-28-23)20-7-5-4-6-8-20/h4-12,18H,13-17H2,1-3H3. The summed E-state index contributed by atoms with van der Waals surface area (Å²) in [5, 5.41) is 3.32. The van der Waals surface area contributed by atoms with Gasteiger partial charge in [0.15, 0.2) is 5.13 Å². The Kier molecular flexibility index (Phi) is 5.51. The number of anilines is 1. The number of thiazole rings is 1. The third kappa shape index (κ3) is 4.45. The second-order valence-electron chi connectivity index (χ2n) is 8.59. The minimum Gasteiger partial charge on any atom is -0.346 e. The number of rotatable bonds is 4. The molecule has 3 aromatic rings. The van der Waals surface area contributed by atoms with E-state index in [1.165, 1.54) is 16.7 Å². The average molecular weight is 392 g/mol. The minimum atomic E-state index is 0.219. The van der Waals surface area contributed by atoms with Crippen molar-refractivity contribution < 1.29 is 0 Å². The van der Waals surface area contributed by atoms with E-state index in [4.69, 9.17) is 4.98 Å².